The summed E-state index contributed by atoms with van der Waals surface area (Å²) in [4.78, 5) is 0. The average Bonchev–Trinajstić information content (AvgIpc) is 2.45. The van der Waals surface area contributed by atoms with Gasteiger partial charge in [-0.05, 0) is 37.4 Å². The Morgan fingerprint density at radius 1 is 1.43 bits per heavy atom. The number of hydrogen-bond donors (Lipinski definition) is 3. The number of nitriles is 1. The van der Waals surface area contributed by atoms with E-state index in [-0.39, 0.29) is 6.61 Å². The molecule has 1 aromatic rings. The average molecular weight is 310 g/mol. The summed E-state index contributed by atoms with van der Waals surface area (Å²) in [6.07, 6.45) is 1.28. The molecular weight excluding hydrogens is 288 g/mol. The van der Waals surface area contributed by atoms with Crippen molar-refractivity contribution >= 4 is 11.8 Å². The topological polar surface area (TPSA) is 85.5 Å². The van der Waals surface area contributed by atoms with Crippen LogP contribution in [0.5, 0.6) is 5.75 Å². The molecule has 0 bridgehead atoms. The molecule has 1 rings (SSSR count). The van der Waals surface area contributed by atoms with Crippen LogP contribution in [0.15, 0.2) is 24.3 Å². The maximum Gasteiger partial charge on any atom is 0.119 e. The Kier molecular flexibility index (Phi) is 7.54. The van der Waals surface area contributed by atoms with Gasteiger partial charge in [-0.15, -0.1) is 0 Å². The lowest BCUT2D eigenvalue weighted by Crippen LogP contribution is -2.43. The Hall–Kier alpha value is -1.26. The maximum atomic E-state index is 9.96. The highest BCUT2D eigenvalue weighted by atomic mass is 32.2. The highest BCUT2D eigenvalue weighted by Crippen LogP contribution is 2.12. The molecule has 0 aromatic heterocycles. The molecule has 0 fully saturated rings. The van der Waals surface area contributed by atoms with Crippen molar-refractivity contribution < 1.29 is 14.9 Å². The summed E-state index contributed by atoms with van der Waals surface area (Å²) in [5, 5.41) is 31.5. The van der Waals surface area contributed by atoms with Crippen LogP contribution in [0.2, 0.25) is 0 Å². The van der Waals surface area contributed by atoms with Gasteiger partial charge in [0.2, 0.25) is 0 Å². The molecule has 0 radical (unpaired) electrons. The first-order chi connectivity index (χ1) is 9.96. The van der Waals surface area contributed by atoms with Crippen LogP contribution < -0.4 is 10.1 Å². The molecule has 0 aliphatic rings. The van der Waals surface area contributed by atoms with Gasteiger partial charge in [-0.25, -0.2) is 0 Å². The molecule has 6 heteroatoms. The van der Waals surface area contributed by atoms with Crippen molar-refractivity contribution in [3.05, 3.63) is 29.8 Å². The number of nitrogens with zero attached hydrogens (tertiary/aromatic N) is 1. The van der Waals surface area contributed by atoms with Crippen LogP contribution in [0, 0.1) is 11.3 Å². The summed E-state index contributed by atoms with van der Waals surface area (Å²) in [5.41, 5.74) is -0.215. The van der Waals surface area contributed by atoms with Crippen molar-refractivity contribution in [1.29, 1.82) is 5.26 Å². The fraction of sp³-hybridized carbons (Fsp3) is 0.533. The van der Waals surface area contributed by atoms with Gasteiger partial charge >= 0.3 is 0 Å². The third-order valence-electron chi connectivity index (χ3n) is 2.77. The summed E-state index contributed by atoms with van der Waals surface area (Å²) in [6, 6.07) is 8.76. The van der Waals surface area contributed by atoms with E-state index >= 15 is 0 Å². The van der Waals surface area contributed by atoms with Gasteiger partial charge in [-0.3, -0.25) is 0 Å². The Balaban J connectivity index is 2.24. The molecule has 0 aliphatic heterocycles. The molecule has 0 spiro atoms. The predicted octanol–water partition coefficient (Wildman–Crippen LogP) is 1.00. The largest absolute Gasteiger partial charge is 0.491 e. The minimum Gasteiger partial charge on any atom is -0.491 e. The molecule has 21 heavy (non-hydrogen) atoms. The fourth-order valence-corrected chi connectivity index (χ4v) is 2.47. The zero-order valence-electron chi connectivity index (χ0n) is 12.4. The summed E-state index contributed by atoms with van der Waals surface area (Å²) in [5.74, 6) is 1.25. The SMILES string of the molecule is CSCC(C)(O)CNCC(O)COc1ccc(C#N)cc1. The lowest BCUT2D eigenvalue weighted by molar-refractivity contribution is 0.0701. The minimum absolute atomic E-state index is 0.156. The Bertz CT molecular complexity index is 457. The van der Waals surface area contributed by atoms with Crippen LogP contribution in [0.4, 0.5) is 0 Å². The lowest BCUT2D eigenvalue weighted by Gasteiger charge is -2.23. The third kappa shape index (κ3) is 7.34. The molecule has 2 unspecified atom stereocenters. The number of thioether (sulfide) groups is 1. The third-order valence-corrected chi connectivity index (χ3v) is 3.68. The van der Waals surface area contributed by atoms with Crippen LogP contribution in [0.3, 0.4) is 0 Å². The molecule has 5 nitrogen and oxygen atoms in total. The quantitative estimate of drug-likeness (QED) is 0.631. The Morgan fingerprint density at radius 3 is 2.67 bits per heavy atom. The summed E-state index contributed by atoms with van der Waals surface area (Å²) >= 11 is 1.58. The van der Waals surface area contributed by atoms with Crippen LogP contribution in [0.1, 0.15) is 12.5 Å². The minimum atomic E-state index is -0.785. The fourth-order valence-electron chi connectivity index (χ4n) is 1.75. The van der Waals surface area contributed by atoms with E-state index in [9.17, 15) is 10.2 Å². The molecule has 0 saturated carbocycles. The van der Waals surface area contributed by atoms with Crippen molar-refractivity contribution in [3.63, 3.8) is 0 Å². The van der Waals surface area contributed by atoms with Gasteiger partial charge < -0.3 is 20.3 Å². The number of aliphatic hydroxyl groups is 2. The van der Waals surface area contributed by atoms with Gasteiger partial charge in [-0.1, -0.05) is 0 Å². The van der Waals surface area contributed by atoms with E-state index in [1.54, 1.807) is 43.0 Å². The van der Waals surface area contributed by atoms with Crippen molar-refractivity contribution in [1.82, 2.24) is 5.32 Å². The normalized spacial score (nSPS) is 15.0. The van der Waals surface area contributed by atoms with Gasteiger partial charge in [0.05, 0.1) is 17.2 Å². The maximum absolute atomic E-state index is 9.96. The zero-order chi connectivity index (χ0) is 15.7. The number of rotatable bonds is 9. The van der Waals surface area contributed by atoms with E-state index in [0.29, 0.717) is 30.2 Å². The molecule has 0 amide bonds. The number of benzene rings is 1. The van der Waals surface area contributed by atoms with Gasteiger partial charge in [0.15, 0.2) is 0 Å². The number of ether oxygens (including phenoxy) is 1. The van der Waals surface area contributed by atoms with E-state index in [1.807, 2.05) is 12.3 Å². The van der Waals surface area contributed by atoms with Crippen LogP contribution in [-0.4, -0.2) is 53.6 Å². The molecule has 2 atom stereocenters. The Labute approximate surface area is 129 Å². The second-order valence-corrected chi connectivity index (χ2v) is 6.03. The molecule has 0 heterocycles. The van der Waals surface area contributed by atoms with Crippen molar-refractivity contribution in [3.8, 4) is 11.8 Å². The first kappa shape index (κ1) is 17.8. The van der Waals surface area contributed by atoms with E-state index in [1.165, 1.54) is 0 Å². The molecular formula is C15H22N2O3S. The number of hydrogen-bond acceptors (Lipinski definition) is 6. The Morgan fingerprint density at radius 2 is 2.10 bits per heavy atom. The molecule has 0 aliphatic carbocycles. The van der Waals surface area contributed by atoms with Crippen molar-refractivity contribution in [2.75, 3.05) is 31.7 Å². The summed E-state index contributed by atoms with van der Waals surface area (Å²) < 4.78 is 5.43. The summed E-state index contributed by atoms with van der Waals surface area (Å²) in [7, 11) is 0. The van der Waals surface area contributed by atoms with Crippen LogP contribution in [0.25, 0.3) is 0 Å². The summed E-state index contributed by atoms with van der Waals surface area (Å²) in [6.45, 7) is 2.68. The van der Waals surface area contributed by atoms with Gasteiger partial charge in [-0.2, -0.15) is 17.0 Å². The highest BCUT2D eigenvalue weighted by Gasteiger charge is 2.19. The second kappa shape index (κ2) is 8.90. The molecule has 0 saturated heterocycles. The molecule has 3 N–H and O–H groups in total. The van der Waals surface area contributed by atoms with Gasteiger partial charge in [0, 0.05) is 18.8 Å². The smallest absolute Gasteiger partial charge is 0.119 e. The molecule has 1 aromatic carbocycles. The highest BCUT2D eigenvalue weighted by molar-refractivity contribution is 7.98. The van der Waals surface area contributed by atoms with Gasteiger partial charge in [0.25, 0.3) is 0 Å². The van der Waals surface area contributed by atoms with Crippen LogP contribution in [-0.2, 0) is 0 Å². The van der Waals surface area contributed by atoms with Crippen molar-refractivity contribution in [2.45, 2.75) is 18.6 Å². The first-order valence-corrected chi connectivity index (χ1v) is 8.09. The van der Waals surface area contributed by atoms with E-state index in [2.05, 4.69) is 5.32 Å². The predicted molar refractivity (Wildman–Crippen MR) is 84.5 cm³/mol. The lowest BCUT2D eigenvalue weighted by atomic mass is 10.1. The van der Waals surface area contributed by atoms with Gasteiger partial charge in [0.1, 0.15) is 18.5 Å². The monoisotopic (exact) mass is 310 g/mol. The number of aliphatic hydroxyl groups excluding tert-OH is 1. The molecule has 116 valence electrons. The number of nitrogens with one attached hydrogen (secondary N) is 1. The van der Waals surface area contributed by atoms with Crippen LogP contribution >= 0.6 is 11.8 Å². The zero-order valence-corrected chi connectivity index (χ0v) is 13.2. The first-order valence-electron chi connectivity index (χ1n) is 6.70. The van der Waals surface area contributed by atoms with E-state index in [4.69, 9.17) is 10.00 Å². The van der Waals surface area contributed by atoms with E-state index < -0.39 is 11.7 Å². The second-order valence-electron chi connectivity index (χ2n) is 5.16. The van der Waals surface area contributed by atoms with Crippen molar-refractivity contribution in [2.24, 2.45) is 0 Å². The standard InChI is InChI=1S/C15H22N2O3S/c1-15(19,11-21-2)10-17-8-13(18)9-20-14-5-3-12(7-16)4-6-14/h3-6,13,17-19H,8-11H2,1-2H3. The van der Waals surface area contributed by atoms with E-state index in [0.717, 1.165) is 0 Å².